The highest BCUT2D eigenvalue weighted by atomic mass is 16.5. The van der Waals surface area contributed by atoms with E-state index in [1.807, 2.05) is 38.1 Å². The third kappa shape index (κ3) is 4.91. The van der Waals surface area contributed by atoms with Gasteiger partial charge < -0.3 is 15.2 Å². The van der Waals surface area contributed by atoms with Crippen molar-refractivity contribution in [3.63, 3.8) is 0 Å². The second-order valence-corrected chi connectivity index (χ2v) is 4.71. The normalized spacial score (nSPS) is 13.7. The molecule has 0 heterocycles. The molecule has 1 amide bonds. The number of para-hydroxylation sites is 1. The van der Waals surface area contributed by atoms with Crippen LogP contribution in [0, 0.1) is 0 Å². The first-order valence-corrected chi connectivity index (χ1v) is 6.66. The minimum absolute atomic E-state index is 0.0501. The number of carbonyl (C=O) groups is 1. The summed E-state index contributed by atoms with van der Waals surface area (Å²) in [5.41, 5.74) is 1.02. The predicted octanol–water partition coefficient (Wildman–Crippen LogP) is 2.08. The van der Waals surface area contributed by atoms with Crippen LogP contribution in [0.5, 0.6) is 5.75 Å². The molecule has 0 spiro atoms. The topological polar surface area (TPSA) is 58.6 Å². The summed E-state index contributed by atoms with van der Waals surface area (Å²) in [5, 5.41) is 12.1. The van der Waals surface area contributed by atoms with E-state index in [2.05, 4.69) is 5.32 Å². The Morgan fingerprint density at radius 1 is 1.42 bits per heavy atom. The Hall–Kier alpha value is -1.55. The maximum atomic E-state index is 11.8. The Labute approximate surface area is 114 Å². The fourth-order valence-corrected chi connectivity index (χ4v) is 1.91. The van der Waals surface area contributed by atoms with Crippen molar-refractivity contribution in [2.24, 2.45) is 0 Å². The van der Waals surface area contributed by atoms with Crippen LogP contribution >= 0.6 is 0 Å². The highest BCUT2D eigenvalue weighted by molar-refractivity contribution is 5.77. The number of rotatable bonds is 7. The van der Waals surface area contributed by atoms with Crippen molar-refractivity contribution in [3.05, 3.63) is 29.8 Å². The summed E-state index contributed by atoms with van der Waals surface area (Å²) < 4.78 is 5.29. The molecule has 4 heteroatoms. The van der Waals surface area contributed by atoms with E-state index in [-0.39, 0.29) is 11.8 Å². The molecule has 0 fully saturated rings. The van der Waals surface area contributed by atoms with Crippen molar-refractivity contribution in [1.82, 2.24) is 5.32 Å². The summed E-state index contributed by atoms with van der Waals surface area (Å²) in [6.45, 7) is 4.19. The largest absolute Gasteiger partial charge is 0.496 e. The molecule has 0 aliphatic rings. The molecule has 2 N–H and O–H groups in total. The second-order valence-electron chi connectivity index (χ2n) is 4.71. The zero-order valence-electron chi connectivity index (χ0n) is 11.8. The molecule has 0 aliphatic carbocycles. The van der Waals surface area contributed by atoms with Crippen molar-refractivity contribution in [1.29, 1.82) is 0 Å². The highest BCUT2D eigenvalue weighted by Gasteiger charge is 2.15. The quantitative estimate of drug-likeness (QED) is 0.793. The minimum atomic E-state index is -0.467. The molecule has 0 bridgehead atoms. The predicted molar refractivity (Wildman–Crippen MR) is 75.3 cm³/mol. The van der Waals surface area contributed by atoms with Crippen LogP contribution in [0.1, 0.15) is 38.2 Å². The van der Waals surface area contributed by atoms with Gasteiger partial charge in [-0.05, 0) is 24.0 Å². The smallest absolute Gasteiger partial charge is 0.220 e. The molecule has 0 aromatic heterocycles. The average molecular weight is 265 g/mol. The Kier molecular flexibility index (Phi) is 6.36. The molecule has 19 heavy (non-hydrogen) atoms. The first-order valence-electron chi connectivity index (χ1n) is 6.66. The lowest BCUT2D eigenvalue weighted by Crippen LogP contribution is -2.32. The Bertz CT molecular complexity index is 406. The van der Waals surface area contributed by atoms with E-state index < -0.39 is 6.10 Å². The first-order chi connectivity index (χ1) is 9.08. The number of hydrogen-bond acceptors (Lipinski definition) is 3. The highest BCUT2D eigenvalue weighted by Crippen LogP contribution is 2.28. The number of benzene rings is 1. The molecule has 0 saturated heterocycles. The summed E-state index contributed by atoms with van der Waals surface area (Å²) in [6.07, 6.45) is 0.560. The van der Waals surface area contributed by atoms with Crippen LogP contribution in [0.15, 0.2) is 24.3 Å². The minimum Gasteiger partial charge on any atom is -0.496 e. The number of hydrogen-bond donors (Lipinski definition) is 2. The van der Waals surface area contributed by atoms with Crippen LogP contribution in [0.3, 0.4) is 0 Å². The van der Waals surface area contributed by atoms with E-state index in [0.29, 0.717) is 19.4 Å². The Morgan fingerprint density at radius 3 is 2.74 bits per heavy atom. The lowest BCUT2D eigenvalue weighted by Gasteiger charge is -2.16. The number of amides is 1. The van der Waals surface area contributed by atoms with Gasteiger partial charge in [0.05, 0.1) is 13.2 Å². The van der Waals surface area contributed by atoms with Crippen molar-refractivity contribution < 1.29 is 14.6 Å². The van der Waals surface area contributed by atoms with Gasteiger partial charge in [0.15, 0.2) is 0 Å². The van der Waals surface area contributed by atoms with Gasteiger partial charge in [-0.1, -0.05) is 32.0 Å². The summed E-state index contributed by atoms with van der Waals surface area (Å²) >= 11 is 0. The van der Waals surface area contributed by atoms with Gasteiger partial charge in [-0.2, -0.15) is 0 Å². The van der Waals surface area contributed by atoms with Crippen LogP contribution in [0.4, 0.5) is 0 Å². The van der Waals surface area contributed by atoms with E-state index in [0.717, 1.165) is 11.3 Å². The number of aliphatic hydroxyl groups excluding tert-OH is 1. The van der Waals surface area contributed by atoms with Gasteiger partial charge in [-0.3, -0.25) is 4.79 Å². The molecular formula is C15H23NO3. The van der Waals surface area contributed by atoms with Crippen molar-refractivity contribution in [2.45, 2.75) is 38.7 Å². The fourth-order valence-electron chi connectivity index (χ4n) is 1.91. The van der Waals surface area contributed by atoms with Gasteiger partial charge in [0.25, 0.3) is 0 Å². The molecule has 0 saturated carbocycles. The first kappa shape index (κ1) is 15.5. The number of aliphatic hydroxyl groups is 1. The number of nitrogens with one attached hydrogen (secondary N) is 1. The van der Waals surface area contributed by atoms with E-state index >= 15 is 0 Å². The van der Waals surface area contributed by atoms with Crippen molar-refractivity contribution >= 4 is 5.91 Å². The Balaban J connectivity index is 2.54. The van der Waals surface area contributed by atoms with Crippen LogP contribution in [-0.2, 0) is 4.79 Å². The lowest BCUT2D eigenvalue weighted by molar-refractivity contribution is -0.121. The molecule has 1 aromatic rings. The van der Waals surface area contributed by atoms with Crippen molar-refractivity contribution in [3.8, 4) is 5.75 Å². The maximum Gasteiger partial charge on any atom is 0.220 e. The molecule has 0 radical (unpaired) electrons. The van der Waals surface area contributed by atoms with E-state index in [1.54, 1.807) is 7.11 Å². The van der Waals surface area contributed by atoms with Gasteiger partial charge in [-0.25, -0.2) is 0 Å². The summed E-state index contributed by atoms with van der Waals surface area (Å²) in [7, 11) is 1.63. The van der Waals surface area contributed by atoms with Crippen LogP contribution in [-0.4, -0.2) is 30.8 Å². The van der Waals surface area contributed by atoms with Gasteiger partial charge in [0, 0.05) is 13.0 Å². The van der Waals surface area contributed by atoms with E-state index in [4.69, 9.17) is 4.74 Å². The zero-order valence-corrected chi connectivity index (χ0v) is 11.8. The molecule has 1 rings (SSSR count). The number of methoxy groups -OCH3 is 1. The molecule has 0 aliphatic heterocycles. The third-order valence-corrected chi connectivity index (χ3v) is 3.17. The maximum absolute atomic E-state index is 11.8. The summed E-state index contributed by atoms with van der Waals surface area (Å²) in [6, 6.07) is 7.71. The molecule has 1 aromatic carbocycles. The molecule has 0 unspecified atom stereocenters. The van der Waals surface area contributed by atoms with Crippen molar-refractivity contribution in [2.75, 3.05) is 13.7 Å². The standard InChI is InChI=1S/C15H23NO3/c1-4-12(17)10-16-15(18)9-11(2)13-7-5-6-8-14(13)19-3/h5-8,11-12,17H,4,9-10H2,1-3H3,(H,16,18)/t11-,12+/m1/s1. The lowest BCUT2D eigenvalue weighted by atomic mass is 9.96. The van der Waals surface area contributed by atoms with E-state index in [9.17, 15) is 9.90 Å². The van der Waals surface area contributed by atoms with Gasteiger partial charge in [0.1, 0.15) is 5.75 Å². The molecular weight excluding hydrogens is 242 g/mol. The average Bonchev–Trinajstić information content (AvgIpc) is 2.44. The molecule has 4 nitrogen and oxygen atoms in total. The Morgan fingerprint density at radius 2 is 2.11 bits per heavy atom. The fraction of sp³-hybridized carbons (Fsp3) is 0.533. The van der Waals surface area contributed by atoms with Crippen LogP contribution < -0.4 is 10.1 Å². The van der Waals surface area contributed by atoms with E-state index in [1.165, 1.54) is 0 Å². The summed E-state index contributed by atoms with van der Waals surface area (Å²) in [5.74, 6) is 0.831. The summed E-state index contributed by atoms with van der Waals surface area (Å²) in [4.78, 5) is 11.8. The zero-order chi connectivity index (χ0) is 14.3. The van der Waals surface area contributed by atoms with Crippen LogP contribution in [0.25, 0.3) is 0 Å². The molecule has 106 valence electrons. The van der Waals surface area contributed by atoms with Gasteiger partial charge >= 0.3 is 0 Å². The SMILES string of the molecule is CC[C@H](O)CNC(=O)C[C@@H](C)c1ccccc1OC. The number of carbonyl (C=O) groups excluding carboxylic acids is 1. The third-order valence-electron chi connectivity index (χ3n) is 3.17. The van der Waals surface area contributed by atoms with Gasteiger partial charge in [-0.15, -0.1) is 0 Å². The second kappa shape index (κ2) is 7.79. The van der Waals surface area contributed by atoms with Crippen LogP contribution in [0.2, 0.25) is 0 Å². The van der Waals surface area contributed by atoms with Gasteiger partial charge in [0.2, 0.25) is 5.91 Å². The number of ether oxygens (including phenoxy) is 1. The monoisotopic (exact) mass is 265 g/mol. The molecule has 2 atom stereocenters.